The fraction of sp³-hybridized carbons (Fsp3) is 0.0800. The molecule has 0 spiro atoms. The third-order valence-corrected chi connectivity index (χ3v) is 6.70. The minimum absolute atomic E-state index is 0.231. The molecule has 172 valence electrons. The van der Waals surface area contributed by atoms with Crippen LogP contribution in [-0.2, 0) is 16.2 Å². The number of para-hydroxylation sites is 1. The molecule has 0 saturated carbocycles. The highest BCUT2D eigenvalue weighted by Gasteiger charge is 2.36. The second-order valence-corrected chi connectivity index (χ2v) is 9.95. The largest absolute Gasteiger partial charge is 0.488 e. The second-order valence-electron chi connectivity index (χ2n) is 7.28. The first-order valence-electron chi connectivity index (χ1n) is 10.2. The number of hydrogen-bond acceptors (Lipinski definition) is 5. The van der Waals surface area contributed by atoms with Crippen LogP contribution in [0.15, 0.2) is 77.7 Å². The van der Waals surface area contributed by atoms with E-state index in [-0.39, 0.29) is 11.4 Å². The van der Waals surface area contributed by atoms with E-state index in [9.17, 15) is 14.4 Å². The van der Waals surface area contributed by atoms with Gasteiger partial charge in [0.2, 0.25) is 5.91 Å². The molecule has 1 heterocycles. The van der Waals surface area contributed by atoms with Gasteiger partial charge in [-0.2, -0.15) is 0 Å². The molecule has 1 fully saturated rings. The summed E-state index contributed by atoms with van der Waals surface area (Å²) in [5.41, 5.74) is 2.20. The van der Waals surface area contributed by atoms with Crippen LogP contribution < -0.4 is 10.1 Å². The van der Waals surface area contributed by atoms with E-state index in [0.717, 1.165) is 25.8 Å². The second kappa shape index (κ2) is 11.1. The molecule has 1 aliphatic heterocycles. The van der Waals surface area contributed by atoms with Crippen molar-refractivity contribution in [3.05, 3.63) is 97.4 Å². The predicted octanol–water partition coefficient (Wildman–Crippen LogP) is 6.20. The number of ether oxygens (including phenoxy) is 1. The van der Waals surface area contributed by atoms with Crippen LogP contribution >= 0.6 is 46.0 Å². The first-order chi connectivity index (χ1) is 16.4. The van der Waals surface area contributed by atoms with Crippen LogP contribution in [0.2, 0.25) is 5.02 Å². The lowest BCUT2D eigenvalue weighted by atomic mass is 10.1. The average Bonchev–Trinajstić information content (AvgIpc) is 3.08. The van der Waals surface area contributed by atoms with Gasteiger partial charge < -0.3 is 10.1 Å². The van der Waals surface area contributed by atoms with E-state index < -0.39 is 17.1 Å². The number of nitrogens with one attached hydrogen (secondary N) is 1. The molecule has 0 atom stereocenters. The number of halogens is 2. The molecule has 3 aromatic carbocycles. The van der Waals surface area contributed by atoms with Crippen molar-refractivity contribution in [1.82, 2.24) is 4.90 Å². The Labute approximate surface area is 219 Å². The lowest BCUT2D eigenvalue weighted by molar-refractivity contribution is -0.127. The molecule has 9 heteroatoms. The lowest BCUT2D eigenvalue weighted by Gasteiger charge is -2.12. The maximum Gasteiger partial charge on any atom is 0.294 e. The molecular formula is C25H18ClIN2O4S. The van der Waals surface area contributed by atoms with Gasteiger partial charge in [0, 0.05) is 19.8 Å². The predicted molar refractivity (Wildman–Crippen MR) is 143 cm³/mol. The third-order valence-electron chi connectivity index (χ3n) is 4.82. The van der Waals surface area contributed by atoms with Crippen LogP contribution in [0.3, 0.4) is 0 Å². The molecule has 0 radical (unpaired) electrons. The minimum Gasteiger partial charge on any atom is -0.488 e. The van der Waals surface area contributed by atoms with Crippen LogP contribution in [0.4, 0.5) is 10.5 Å². The third kappa shape index (κ3) is 6.19. The number of benzene rings is 3. The van der Waals surface area contributed by atoms with Gasteiger partial charge in [-0.25, -0.2) is 0 Å². The Morgan fingerprint density at radius 3 is 2.47 bits per heavy atom. The number of thioether (sulfide) groups is 1. The zero-order valence-corrected chi connectivity index (χ0v) is 21.4. The summed E-state index contributed by atoms with van der Waals surface area (Å²) in [5, 5.41) is 2.85. The molecule has 3 aromatic rings. The Bertz CT molecular complexity index is 1260. The maximum atomic E-state index is 12.9. The number of rotatable bonds is 7. The van der Waals surface area contributed by atoms with E-state index >= 15 is 0 Å². The lowest BCUT2D eigenvalue weighted by Crippen LogP contribution is -2.36. The molecule has 34 heavy (non-hydrogen) atoms. The first kappa shape index (κ1) is 24.3. The van der Waals surface area contributed by atoms with Crippen molar-refractivity contribution in [3.63, 3.8) is 0 Å². The maximum absolute atomic E-state index is 12.9. The van der Waals surface area contributed by atoms with Crippen LogP contribution in [-0.4, -0.2) is 28.5 Å². The van der Waals surface area contributed by atoms with Gasteiger partial charge >= 0.3 is 0 Å². The van der Waals surface area contributed by atoms with Gasteiger partial charge in [-0.3, -0.25) is 19.3 Å². The molecule has 6 nitrogen and oxygen atoms in total. The van der Waals surface area contributed by atoms with Gasteiger partial charge in [0.15, 0.2) is 0 Å². The number of amides is 3. The van der Waals surface area contributed by atoms with Gasteiger partial charge in [0.25, 0.3) is 11.1 Å². The Kier molecular flexibility index (Phi) is 7.91. The number of hydrogen-bond donors (Lipinski definition) is 1. The van der Waals surface area contributed by atoms with Crippen molar-refractivity contribution in [2.45, 2.75) is 6.61 Å². The SMILES string of the molecule is O=C(CN1C(=O)S/C(=C/c2ccccc2OCc2ccc(Cl)cc2)C1=O)Nc1ccc(I)cc1. The van der Waals surface area contributed by atoms with E-state index in [4.69, 9.17) is 16.3 Å². The molecule has 1 aliphatic rings. The highest BCUT2D eigenvalue weighted by molar-refractivity contribution is 14.1. The van der Waals surface area contributed by atoms with Crippen molar-refractivity contribution in [1.29, 1.82) is 0 Å². The quantitative estimate of drug-likeness (QED) is 0.257. The van der Waals surface area contributed by atoms with E-state index in [0.29, 0.717) is 28.6 Å². The first-order valence-corrected chi connectivity index (χ1v) is 12.4. The van der Waals surface area contributed by atoms with Crippen LogP contribution in [0.25, 0.3) is 6.08 Å². The zero-order valence-electron chi connectivity index (χ0n) is 17.7. The normalized spacial score (nSPS) is 14.5. The summed E-state index contributed by atoms with van der Waals surface area (Å²) in [6, 6.07) is 21.8. The van der Waals surface area contributed by atoms with Gasteiger partial charge in [0.05, 0.1) is 4.91 Å². The van der Waals surface area contributed by atoms with E-state index in [1.54, 1.807) is 42.5 Å². The summed E-state index contributed by atoms with van der Waals surface area (Å²) in [6.45, 7) is -0.0368. The number of anilines is 1. The molecule has 0 unspecified atom stereocenters. The van der Waals surface area contributed by atoms with Crippen LogP contribution in [0, 0.1) is 3.57 Å². The van der Waals surface area contributed by atoms with Crippen molar-refractivity contribution in [2.24, 2.45) is 0 Å². The Balaban J connectivity index is 1.44. The highest BCUT2D eigenvalue weighted by Crippen LogP contribution is 2.34. The standard InChI is InChI=1S/C25H18ClIN2O4S/c26-18-7-5-16(6-8-18)15-33-21-4-2-1-3-17(21)13-22-24(31)29(25(32)34-22)14-23(30)28-20-11-9-19(27)10-12-20/h1-13H,14-15H2,(H,28,30)/b22-13+. The number of carbonyl (C=O) groups is 3. The van der Waals surface area contributed by atoms with Gasteiger partial charge in [-0.05, 0) is 88.5 Å². The van der Waals surface area contributed by atoms with Gasteiger partial charge in [-0.1, -0.05) is 41.9 Å². The van der Waals surface area contributed by atoms with Gasteiger partial charge in [0.1, 0.15) is 18.9 Å². The van der Waals surface area contributed by atoms with E-state index in [1.165, 1.54) is 0 Å². The summed E-state index contributed by atoms with van der Waals surface area (Å²) in [5.74, 6) is -0.391. The molecule has 0 aromatic heterocycles. The fourth-order valence-corrected chi connectivity index (χ4v) is 4.44. The minimum atomic E-state index is -0.514. The van der Waals surface area contributed by atoms with Crippen molar-refractivity contribution < 1.29 is 19.1 Å². The van der Waals surface area contributed by atoms with Crippen LogP contribution in [0.1, 0.15) is 11.1 Å². The smallest absolute Gasteiger partial charge is 0.294 e. The summed E-state index contributed by atoms with van der Waals surface area (Å²) >= 11 is 8.89. The molecule has 1 N–H and O–H groups in total. The Morgan fingerprint density at radius 2 is 1.74 bits per heavy atom. The summed E-state index contributed by atoms with van der Waals surface area (Å²) in [4.78, 5) is 38.9. The van der Waals surface area contributed by atoms with E-state index in [1.807, 2.05) is 36.4 Å². The molecule has 0 aliphatic carbocycles. The number of carbonyl (C=O) groups excluding carboxylic acids is 3. The zero-order chi connectivity index (χ0) is 24.1. The van der Waals surface area contributed by atoms with Gasteiger partial charge in [-0.15, -0.1) is 0 Å². The highest BCUT2D eigenvalue weighted by atomic mass is 127. The number of imide groups is 1. The van der Waals surface area contributed by atoms with Crippen molar-refractivity contribution in [2.75, 3.05) is 11.9 Å². The monoisotopic (exact) mass is 604 g/mol. The topological polar surface area (TPSA) is 75.7 Å². The molecular weight excluding hydrogens is 587 g/mol. The summed E-state index contributed by atoms with van der Waals surface area (Å²) in [6.07, 6.45) is 1.61. The van der Waals surface area contributed by atoms with Crippen LogP contribution in [0.5, 0.6) is 5.75 Å². The summed E-state index contributed by atoms with van der Waals surface area (Å²) < 4.78 is 6.96. The van der Waals surface area contributed by atoms with Crippen molar-refractivity contribution >= 4 is 74.8 Å². The number of nitrogens with zero attached hydrogens (tertiary/aromatic N) is 1. The molecule has 1 saturated heterocycles. The molecule has 4 rings (SSSR count). The molecule has 3 amide bonds. The average molecular weight is 605 g/mol. The Hall–Kier alpha value is -2.82. The van der Waals surface area contributed by atoms with E-state index in [2.05, 4.69) is 27.9 Å². The molecule has 0 bridgehead atoms. The van der Waals surface area contributed by atoms with Crippen molar-refractivity contribution in [3.8, 4) is 5.75 Å². The fourth-order valence-electron chi connectivity index (χ4n) is 3.13. The Morgan fingerprint density at radius 1 is 1.03 bits per heavy atom. The summed E-state index contributed by atoms with van der Waals surface area (Å²) in [7, 11) is 0.